The standard InChI is InChI=1S/C11H17NO3S2/c1-17(14,15)7-6-16-8-11(13)9-2-4-10(12)5-3-9/h2-5,11,13H,6-8,12H2,1H3. The molecule has 0 aliphatic rings. The lowest BCUT2D eigenvalue weighted by Crippen LogP contribution is -2.07. The van der Waals surface area contributed by atoms with Crippen LogP contribution in [0.4, 0.5) is 5.69 Å². The van der Waals surface area contributed by atoms with E-state index in [0.29, 0.717) is 17.2 Å². The van der Waals surface area contributed by atoms with Gasteiger partial charge in [0, 0.05) is 23.4 Å². The van der Waals surface area contributed by atoms with E-state index >= 15 is 0 Å². The van der Waals surface area contributed by atoms with Crippen LogP contribution in [0, 0.1) is 0 Å². The zero-order valence-electron chi connectivity index (χ0n) is 9.67. The molecular weight excluding hydrogens is 258 g/mol. The van der Waals surface area contributed by atoms with Crippen LogP contribution in [0.25, 0.3) is 0 Å². The molecule has 3 N–H and O–H groups in total. The second-order valence-corrected chi connectivity index (χ2v) is 7.30. The molecule has 0 aromatic heterocycles. The second kappa shape index (κ2) is 6.28. The predicted octanol–water partition coefficient (Wildman–Crippen LogP) is 1.08. The number of anilines is 1. The molecule has 0 heterocycles. The van der Waals surface area contributed by atoms with Crippen molar-refractivity contribution < 1.29 is 13.5 Å². The van der Waals surface area contributed by atoms with Crippen LogP contribution in [0.1, 0.15) is 11.7 Å². The average Bonchev–Trinajstić information content (AvgIpc) is 2.24. The van der Waals surface area contributed by atoms with Gasteiger partial charge >= 0.3 is 0 Å². The van der Waals surface area contributed by atoms with Gasteiger partial charge in [-0.25, -0.2) is 8.42 Å². The number of rotatable bonds is 6. The quantitative estimate of drug-likeness (QED) is 0.600. The topological polar surface area (TPSA) is 80.4 Å². The summed E-state index contributed by atoms with van der Waals surface area (Å²) in [6.07, 6.45) is 0.629. The number of thioether (sulfide) groups is 1. The molecule has 1 aromatic carbocycles. The molecule has 0 amide bonds. The SMILES string of the molecule is CS(=O)(=O)CCSCC(O)c1ccc(N)cc1. The first-order valence-corrected chi connectivity index (χ1v) is 8.39. The second-order valence-electron chi connectivity index (χ2n) is 3.89. The summed E-state index contributed by atoms with van der Waals surface area (Å²) in [6, 6.07) is 7.02. The maximum Gasteiger partial charge on any atom is 0.148 e. The Morgan fingerprint density at radius 3 is 2.47 bits per heavy atom. The summed E-state index contributed by atoms with van der Waals surface area (Å²) in [5, 5.41) is 9.83. The van der Waals surface area contributed by atoms with Gasteiger partial charge in [0.15, 0.2) is 0 Å². The van der Waals surface area contributed by atoms with Crippen LogP contribution in [0.15, 0.2) is 24.3 Å². The Balaban J connectivity index is 2.35. The third kappa shape index (κ3) is 5.95. The molecule has 1 unspecified atom stereocenters. The number of nitrogens with two attached hydrogens (primary N) is 1. The minimum atomic E-state index is -2.91. The number of hydrogen-bond donors (Lipinski definition) is 2. The normalized spacial score (nSPS) is 13.5. The van der Waals surface area contributed by atoms with Crippen molar-refractivity contribution in [2.24, 2.45) is 0 Å². The molecule has 96 valence electrons. The summed E-state index contributed by atoms with van der Waals surface area (Å²) in [6.45, 7) is 0. The largest absolute Gasteiger partial charge is 0.399 e. The molecule has 0 bridgehead atoms. The molecule has 0 saturated carbocycles. The van der Waals surface area contributed by atoms with Gasteiger partial charge in [0.05, 0.1) is 11.9 Å². The van der Waals surface area contributed by atoms with Gasteiger partial charge in [-0.1, -0.05) is 12.1 Å². The van der Waals surface area contributed by atoms with Gasteiger partial charge in [-0.05, 0) is 17.7 Å². The Morgan fingerprint density at radius 2 is 1.94 bits per heavy atom. The predicted molar refractivity (Wildman–Crippen MR) is 72.9 cm³/mol. The van der Waals surface area contributed by atoms with Crippen LogP contribution in [0.5, 0.6) is 0 Å². The van der Waals surface area contributed by atoms with Crippen LogP contribution < -0.4 is 5.73 Å². The highest BCUT2D eigenvalue weighted by Crippen LogP contribution is 2.19. The van der Waals surface area contributed by atoms with E-state index in [2.05, 4.69) is 0 Å². The third-order valence-corrected chi connectivity index (χ3v) is 4.44. The van der Waals surface area contributed by atoms with E-state index in [1.165, 1.54) is 18.0 Å². The number of benzene rings is 1. The summed E-state index contributed by atoms with van der Waals surface area (Å²) in [7, 11) is -2.91. The van der Waals surface area contributed by atoms with Crippen LogP contribution >= 0.6 is 11.8 Å². The minimum absolute atomic E-state index is 0.145. The lowest BCUT2D eigenvalue weighted by atomic mass is 10.1. The average molecular weight is 275 g/mol. The Hall–Kier alpha value is -0.720. The summed E-state index contributed by atoms with van der Waals surface area (Å²) in [4.78, 5) is 0. The molecule has 4 nitrogen and oxygen atoms in total. The van der Waals surface area contributed by atoms with Gasteiger partial charge in [0.25, 0.3) is 0 Å². The number of nitrogen functional groups attached to an aromatic ring is 1. The molecule has 0 aliphatic heterocycles. The lowest BCUT2D eigenvalue weighted by molar-refractivity contribution is 0.204. The van der Waals surface area contributed by atoms with Crippen molar-refractivity contribution >= 4 is 27.3 Å². The van der Waals surface area contributed by atoms with Crippen LogP contribution in [-0.4, -0.2) is 37.0 Å². The fraction of sp³-hybridized carbons (Fsp3) is 0.455. The fourth-order valence-corrected chi connectivity index (χ4v) is 3.48. The van der Waals surface area contributed by atoms with Crippen molar-refractivity contribution in [2.75, 3.05) is 29.2 Å². The van der Waals surface area contributed by atoms with Gasteiger partial charge in [-0.15, -0.1) is 0 Å². The number of hydrogen-bond acceptors (Lipinski definition) is 5. The third-order valence-electron chi connectivity index (χ3n) is 2.20. The molecule has 1 rings (SSSR count). The Bertz CT molecular complexity index is 442. The van der Waals surface area contributed by atoms with Crippen molar-refractivity contribution in [3.63, 3.8) is 0 Å². The molecule has 6 heteroatoms. The summed E-state index contributed by atoms with van der Waals surface area (Å²) in [5.41, 5.74) is 7.00. The minimum Gasteiger partial charge on any atom is -0.399 e. The zero-order valence-corrected chi connectivity index (χ0v) is 11.3. The van der Waals surface area contributed by atoms with Gasteiger partial charge in [0.1, 0.15) is 9.84 Å². The van der Waals surface area contributed by atoms with E-state index < -0.39 is 15.9 Å². The first kappa shape index (κ1) is 14.3. The highest BCUT2D eigenvalue weighted by molar-refractivity contribution is 8.00. The highest BCUT2D eigenvalue weighted by Gasteiger charge is 2.08. The highest BCUT2D eigenvalue weighted by atomic mass is 32.2. The Morgan fingerprint density at radius 1 is 1.35 bits per heavy atom. The van der Waals surface area contributed by atoms with Gasteiger partial charge < -0.3 is 10.8 Å². The fourth-order valence-electron chi connectivity index (χ4n) is 1.22. The summed E-state index contributed by atoms with van der Waals surface area (Å²) >= 11 is 1.43. The molecule has 0 saturated heterocycles. The van der Waals surface area contributed by atoms with Crippen LogP contribution in [0.3, 0.4) is 0 Å². The van der Waals surface area contributed by atoms with Gasteiger partial charge in [0.2, 0.25) is 0 Å². The number of aliphatic hydroxyl groups excluding tert-OH is 1. The smallest absolute Gasteiger partial charge is 0.148 e. The molecular formula is C11H17NO3S2. The van der Waals surface area contributed by atoms with Crippen LogP contribution in [-0.2, 0) is 9.84 Å². The van der Waals surface area contributed by atoms with E-state index in [1.54, 1.807) is 24.3 Å². The molecule has 1 atom stereocenters. The molecule has 17 heavy (non-hydrogen) atoms. The van der Waals surface area contributed by atoms with Crippen molar-refractivity contribution in [1.29, 1.82) is 0 Å². The number of aliphatic hydroxyl groups is 1. The molecule has 1 aromatic rings. The zero-order chi connectivity index (χ0) is 12.9. The van der Waals surface area contributed by atoms with Crippen molar-refractivity contribution in [2.45, 2.75) is 6.10 Å². The Kier molecular flexibility index (Phi) is 5.30. The van der Waals surface area contributed by atoms with Gasteiger partial charge in [-0.2, -0.15) is 11.8 Å². The maximum atomic E-state index is 10.9. The van der Waals surface area contributed by atoms with Gasteiger partial charge in [-0.3, -0.25) is 0 Å². The first-order chi connectivity index (χ1) is 7.88. The van der Waals surface area contributed by atoms with E-state index in [-0.39, 0.29) is 5.75 Å². The number of sulfone groups is 1. The molecule has 0 radical (unpaired) electrons. The molecule has 0 aliphatic carbocycles. The Labute approximate surface area is 106 Å². The lowest BCUT2D eigenvalue weighted by Gasteiger charge is -2.10. The summed E-state index contributed by atoms with van der Waals surface area (Å²) in [5.74, 6) is 1.14. The van der Waals surface area contributed by atoms with Crippen molar-refractivity contribution in [3.8, 4) is 0 Å². The molecule has 0 fully saturated rings. The molecule has 0 spiro atoms. The van der Waals surface area contributed by atoms with E-state index in [1.807, 2.05) is 0 Å². The first-order valence-electron chi connectivity index (χ1n) is 5.17. The van der Waals surface area contributed by atoms with Crippen LogP contribution in [0.2, 0.25) is 0 Å². The monoisotopic (exact) mass is 275 g/mol. The van der Waals surface area contributed by atoms with E-state index in [9.17, 15) is 13.5 Å². The van der Waals surface area contributed by atoms with E-state index in [4.69, 9.17) is 5.73 Å². The van der Waals surface area contributed by atoms with Crippen molar-refractivity contribution in [3.05, 3.63) is 29.8 Å². The van der Waals surface area contributed by atoms with Crippen molar-refractivity contribution in [1.82, 2.24) is 0 Å². The van der Waals surface area contributed by atoms with E-state index in [0.717, 1.165) is 5.56 Å². The maximum absolute atomic E-state index is 10.9. The summed E-state index contributed by atoms with van der Waals surface area (Å²) < 4.78 is 21.8.